The van der Waals surface area contributed by atoms with Gasteiger partial charge in [-0.05, 0) is 42.7 Å². The third-order valence-corrected chi connectivity index (χ3v) is 4.75. The molecule has 0 radical (unpaired) electrons. The molecule has 0 N–H and O–H groups in total. The van der Waals surface area contributed by atoms with E-state index < -0.39 is 11.7 Å². The van der Waals surface area contributed by atoms with Crippen molar-refractivity contribution >= 4 is 5.91 Å². The molecule has 0 aliphatic carbocycles. The first kappa shape index (κ1) is 20.3. The number of benzene rings is 1. The lowest BCUT2D eigenvalue weighted by Gasteiger charge is -2.32. The van der Waals surface area contributed by atoms with E-state index >= 15 is 0 Å². The molecule has 0 unspecified atom stereocenters. The highest BCUT2D eigenvalue weighted by Crippen LogP contribution is 2.30. The van der Waals surface area contributed by atoms with Crippen molar-refractivity contribution in [3.8, 4) is 0 Å². The first-order chi connectivity index (χ1) is 13.3. The van der Waals surface area contributed by atoms with Gasteiger partial charge < -0.3 is 9.64 Å². The van der Waals surface area contributed by atoms with Gasteiger partial charge in [0.2, 0.25) is 5.91 Å². The predicted molar refractivity (Wildman–Crippen MR) is 98.8 cm³/mol. The molecule has 4 nitrogen and oxygen atoms in total. The van der Waals surface area contributed by atoms with Crippen molar-refractivity contribution in [3.05, 3.63) is 64.5 Å². The SMILES string of the molecule is CCC(=O)N1CCO[C@@H](c2cc(Cc3cccc(C(F)(F)F)c3)cc(C)n2)C1. The highest BCUT2D eigenvalue weighted by atomic mass is 19.4. The van der Waals surface area contributed by atoms with E-state index in [1.807, 2.05) is 26.0 Å². The second-order valence-electron chi connectivity index (χ2n) is 6.97. The van der Waals surface area contributed by atoms with Gasteiger partial charge in [0.25, 0.3) is 0 Å². The number of carbonyl (C=O) groups is 1. The van der Waals surface area contributed by atoms with Crippen molar-refractivity contribution in [1.29, 1.82) is 0 Å². The molecule has 3 rings (SSSR count). The molecule has 2 heterocycles. The van der Waals surface area contributed by atoms with Crippen LogP contribution in [0.25, 0.3) is 0 Å². The first-order valence-corrected chi connectivity index (χ1v) is 9.29. The molecule has 28 heavy (non-hydrogen) atoms. The van der Waals surface area contributed by atoms with Gasteiger partial charge in [0.05, 0.1) is 24.4 Å². The molecule has 1 aromatic heterocycles. The van der Waals surface area contributed by atoms with E-state index in [9.17, 15) is 18.0 Å². The van der Waals surface area contributed by atoms with Crippen LogP contribution < -0.4 is 0 Å². The average molecular weight is 392 g/mol. The van der Waals surface area contributed by atoms with E-state index in [-0.39, 0.29) is 12.0 Å². The Morgan fingerprint density at radius 3 is 2.75 bits per heavy atom. The van der Waals surface area contributed by atoms with Crippen molar-refractivity contribution in [2.24, 2.45) is 0 Å². The molecule has 1 aliphatic rings. The molecule has 1 fully saturated rings. The number of aryl methyl sites for hydroxylation is 1. The van der Waals surface area contributed by atoms with Crippen molar-refractivity contribution < 1.29 is 22.7 Å². The maximum atomic E-state index is 13.0. The summed E-state index contributed by atoms with van der Waals surface area (Å²) in [4.78, 5) is 18.3. The van der Waals surface area contributed by atoms with Gasteiger partial charge in [-0.1, -0.05) is 25.1 Å². The van der Waals surface area contributed by atoms with Crippen molar-refractivity contribution in [2.75, 3.05) is 19.7 Å². The Bertz CT molecular complexity index is 852. The number of alkyl halides is 3. The van der Waals surface area contributed by atoms with Crippen molar-refractivity contribution in [1.82, 2.24) is 9.88 Å². The predicted octanol–water partition coefficient (Wildman–Crippen LogP) is 4.31. The van der Waals surface area contributed by atoms with Gasteiger partial charge in [0, 0.05) is 18.7 Å². The maximum absolute atomic E-state index is 13.0. The zero-order chi connectivity index (χ0) is 20.3. The molecule has 2 aromatic rings. The molecule has 1 atom stereocenters. The fourth-order valence-electron chi connectivity index (χ4n) is 3.41. The quantitative estimate of drug-likeness (QED) is 0.779. The largest absolute Gasteiger partial charge is 0.416 e. The van der Waals surface area contributed by atoms with Crippen LogP contribution in [-0.2, 0) is 22.1 Å². The van der Waals surface area contributed by atoms with Gasteiger partial charge in [-0.15, -0.1) is 0 Å². The number of amides is 1. The number of pyridine rings is 1. The Balaban J connectivity index is 1.81. The third kappa shape index (κ3) is 4.90. The Kier molecular flexibility index (Phi) is 6.03. The van der Waals surface area contributed by atoms with Gasteiger partial charge in [-0.25, -0.2) is 0 Å². The first-order valence-electron chi connectivity index (χ1n) is 9.29. The number of halogens is 3. The lowest BCUT2D eigenvalue weighted by atomic mass is 10.0. The van der Waals surface area contributed by atoms with Crippen LogP contribution in [-0.4, -0.2) is 35.5 Å². The summed E-state index contributed by atoms with van der Waals surface area (Å²) in [6.45, 7) is 5.11. The Hall–Kier alpha value is -2.41. The Morgan fingerprint density at radius 1 is 1.25 bits per heavy atom. The zero-order valence-corrected chi connectivity index (χ0v) is 15.9. The molecule has 1 saturated heterocycles. The van der Waals surface area contributed by atoms with E-state index in [1.54, 1.807) is 11.0 Å². The highest BCUT2D eigenvalue weighted by molar-refractivity contribution is 5.75. The van der Waals surface area contributed by atoms with Crippen LogP contribution in [0.3, 0.4) is 0 Å². The Labute approximate surface area is 162 Å². The van der Waals surface area contributed by atoms with E-state index in [0.29, 0.717) is 43.8 Å². The highest BCUT2D eigenvalue weighted by Gasteiger charge is 2.30. The Morgan fingerprint density at radius 2 is 2.04 bits per heavy atom. The minimum absolute atomic E-state index is 0.0742. The smallest absolute Gasteiger partial charge is 0.368 e. The molecule has 0 bridgehead atoms. The summed E-state index contributed by atoms with van der Waals surface area (Å²) < 4.78 is 44.7. The van der Waals surface area contributed by atoms with Gasteiger partial charge in [0.1, 0.15) is 6.10 Å². The van der Waals surface area contributed by atoms with Crippen molar-refractivity contribution in [2.45, 2.75) is 39.0 Å². The molecular weight excluding hydrogens is 369 g/mol. The molecule has 1 aliphatic heterocycles. The summed E-state index contributed by atoms with van der Waals surface area (Å²) >= 11 is 0. The van der Waals surface area contributed by atoms with Gasteiger partial charge in [-0.2, -0.15) is 13.2 Å². The van der Waals surface area contributed by atoms with Crippen LogP contribution in [0.5, 0.6) is 0 Å². The summed E-state index contributed by atoms with van der Waals surface area (Å²) in [5, 5.41) is 0. The molecule has 1 aromatic carbocycles. The summed E-state index contributed by atoms with van der Waals surface area (Å²) in [5.74, 6) is 0.0742. The number of hydrogen-bond donors (Lipinski definition) is 0. The number of morpholine rings is 1. The topological polar surface area (TPSA) is 42.4 Å². The number of ether oxygens (including phenoxy) is 1. The molecule has 150 valence electrons. The number of hydrogen-bond acceptors (Lipinski definition) is 3. The number of nitrogens with zero attached hydrogens (tertiary/aromatic N) is 2. The minimum Gasteiger partial charge on any atom is -0.368 e. The van der Waals surface area contributed by atoms with Crippen LogP contribution in [0.1, 0.15) is 47.5 Å². The fourth-order valence-corrected chi connectivity index (χ4v) is 3.41. The molecule has 1 amide bonds. The third-order valence-electron chi connectivity index (χ3n) is 4.75. The van der Waals surface area contributed by atoms with Crippen LogP contribution in [0.2, 0.25) is 0 Å². The summed E-state index contributed by atoms with van der Waals surface area (Å²) in [6, 6.07) is 9.07. The fraction of sp³-hybridized carbons (Fsp3) is 0.429. The lowest BCUT2D eigenvalue weighted by Crippen LogP contribution is -2.42. The van der Waals surface area contributed by atoms with Crippen LogP contribution in [0.15, 0.2) is 36.4 Å². The van der Waals surface area contributed by atoms with Gasteiger partial charge in [0.15, 0.2) is 0 Å². The van der Waals surface area contributed by atoms with Crippen LogP contribution >= 0.6 is 0 Å². The summed E-state index contributed by atoms with van der Waals surface area (Å²) in [5.41, 5.74) is 2.26. The second-order valence-corrected chi connectivity index (χ2v) is 6.97. The summed E-state index contributed by atoms with van der Waals surface area (Å²) in [7, 11) is 0. The minimum atomic E-state index is -4.36. The monoisotopic (exact) mass is 392 g/mol. The van der Waals surface area contributed by atoms with E-state index in [0.717, 1.165) is 17.3 Å². The average Bonchev–Trinajstić information content (AvgIpc) is 2.66. The van der Waals surface area contributed by atoms with Gasteiger partial charge >= 0.3 is 6.18 Å². The second kappa shape index (κ2) is 8.31. The molecule has 7 heteroatoms. The van der Waals surface area contributed by atoms with Gasteiger partial charge in [-0.3, -0.25) is 9.78 Å². The van der Waals surface area contributed by atoms with Crippen LogP contribution in [0.4, 0.5) is 13.2 Å². The van der Waals surface area contributed by atoms with E-state index in [2.05, 4.69) is 4.98 Å². The molecule has 0 spiro atoms. The molecular formula is C21H23F3N2O2. The standard InChI is InChI=1S/C21H23F3N2O2/c1-3-20(27)26-7-8-28-19(13-26)18-12-16(9-14(2)25-18)10-15-5-4-6-17(11-15)21(22,23)24/h4-6,9,11-12,19H,3,7-8,10,13H2,1-2H3/t19-/m1/s1. The number of carbonyl (C=O) groups excluding carboxylic acids is 1. The maximum Gasteiger partial charge on any atom is 0.416 e. The number of aromatic nitrogens is 1. The summed E-state index contributed by atoms with van der Waals surface area (Å²) in [6.07, 6.45) is -3.88. The number of rotatable bonds is 4. The normalized spacial score (nSPS) is 17.6. The van der Waals surface area contributed by atoms with E-state index in [1.165, 1.54) is 12.1 Å². The van der Waals surface area contributed by atoms with Crippen molar-refractivity contribution in [3.63, 3.8) is 0 Å². The van der Waals surface area contributed by atoms with E-state index in [4.69, 9.17) is 4.74 Å². The molecule has 0 saturated carbocycles. The van der Waals surface area contributed by atoms with Crippen LogP contribution in [0, 0.1) is 6.92 Å². The lowest BCUT2D eigenvalue weighted by molar-refractivity contribution is -0.139. The zero-order valence-electron chi connectivity index (χ0n) is 15.9.